The number of nitrogens with zero attached hydrogens (tertiary/aromatic N) is 3. The van der Waals surface area contributed by atoms with Crippen LogP contribution in [0.4, 0.5) is 5.95 Å². The number of nitrogen functional groups attached to an aromatic ring is 1. The predicted molar refractivity (Wildman–Crippen MR) is 84.6 cm³/mol. The summed E-state index contributed by atoms with van der Waals surface area (Å²) in [6.07, 6.45) is 5.77. The van der Waals surface area contributed by atoms with Crippen LogP contribution in [0.25, 0.3) is 0 Å². The summed E-state index contributed by atoms with van der Waals surface area (Å²) in [6.45, 7) is 2.48. The maximum absolute atomic E-state index is 12.9. The first-order valence-electron chi connectivity index (χ1n) is 8.31. The maximum Gasteiger partial charge on any atom is 0.233 e. The number of aromatic nitrogens is 2. The van der Waals surface area contributed by atoms with E-state index in [2.05, 4.69) is 15.3 Å². The molecule has 1 unspecified atom stereocenters. The molecule has 23 heavy (non-hydrogen) atoms. The number of hydrogen-bond donors (Lipinski definition) is 3. The molecule has 7 heteroatoms. The number of piperidine rings is 1. The van der Waals surface area contributed by atoms with Crippen LogP contribution in [0.2, 0.25) is 0 Å². The number of fused-ring (bicyclic) bond motifs is 2. The van der Waals surface area contributed by atoms with Gasteiger partial charge in [-0.3, -0.25) is 4.79 Å². The number of carbonyl (C=O) groups is 1. The third kappa shape index (κ3) is 2.14. The van der Waals surface area contributed by atoms with Gasteiger partial charge in [-0.1, -0.05) is 0 Å². The lowest BCUT2D eigenvalue weighted by atomic mass is 9.75. The fraction of sp³-hybridized carbons (Fsp3) is 0.688. The zero-order valence-corrected chi connectivity index (χ0v) is 13.2. The molecule has 1 atom stereocenters. The standard InChI is InChI=1S/C16H23N5O2/c17-14-19-6-11-2-4-15(12(11)20-14)3-1-5-21(9-15)13(23)16(10-22)7-18-8-16/h6,18,22H,1-5,7-10H2,(H2,17,19,20). The van der Waals surface area contributed by atoms with Crippen LogP contribution in [0.3, 0.4) is 0 Å². The molecule has 2 aliphatic heterocycles. The van der Waals surface area contributed by atoms with E-state index in [9.17, 15) is 9.90 Å². The molecule has 1 aromatic heterocycles. The summed E-state index contributed by atoms with van der Waals surface area (Å²) in [5.74, 6) is 0.386. The van der Waals surface area contributed by atoms with E-state index in [0.717, 1.165) is 43.5 Å². The zero-order valence-electron chi connectivity index (χ0n) is 13.2. The Morgan fingerprint density at radius 2 is 2.26 bits per heavy atom. The van der Waals surface area contributed by atoms with Gasteiger partial charge in [0, 0.05) is 37.8 Å². The fourth-order valence-corrected chi connectivity index (χ4v) is 4.35. The van der Waals surface area contributed by atoms with Crippen LogP contribution < -0.4 is 11.1 Å². The zero-order chi connectivity index (χ0) is 16.1. The summed E-state index contributed by atoms with van der Waals surface area (Å²) in [4.78, 5) is 23.5. The number of nitrogens with two attached hydrogens (primary N) is 1. The van der Waals surface area contributed by atoms with Crippen LogP contribution in [-0.4, -0.2) is 58.7 Å². The number of amides is 1. The summed E-state index contributed by atoms with van der Waals surface area (Å²) in [6, 6.07) is 0. The van der Waals surface area contributed by atoms with Crippen molar-refractivity contribution in [3.05, 3.63) is 17.5 Å². The lowest BCUT2D eigenvalue weighted by Crippen LogP contribution is -2.65. The number of nitrogens with one attached hydrogen (secondary N) is 1. The average molecular weight is 317 g/mol. The number of aliphatic hydroxyl groups is 1. The molecule has 1 aromatic rings. The monoisotopic (exact) mass is 317 g/mol. The Morgan fingerprint density at radius 1 is 1.43 bits per heavy atom. The maximum atomic E-state index is 12.9. The Labute approximate surface area is 135 Å². The SMILES string of the molecule is Nc1ncc2c(n1)C1(CCCN(C(=O)C3(CO)CNC3)C1)CC2. The van der Waals surface area contributed by atoms with Crippen LogP contribution in [0.15, 0.2) is 6.20 Å². The van der Waals surface area contributed by atoms with Gasteiger partial charge in [-0.15, -0.1) is 0 Å². The van der Waals surface area contributed by atoms with Crippen molar-refractivity contribution in [3.8, 4) is 0 Å². The van der Waals surface area contributed by atoms with Crippen molar-refractivity contribution >= 4 is 11.9 Å². The fourth-order valence-electron chi connectivity index (χ4n) is 4.35. The molecule has 1 amide bonds. The molecule has 0 radical (unpaired) electrons. The van der Waals surface area contributed by atoms with E-state index in [4.69, 9.17) is 5.73 Å². The summed E-state index contributed by atoms with van der Waals surface area (Å²) in [5, 5.41) is 12.8. The summed E-state index contributed by atoms with van der Waals surface area (Å²) in [5.41, 5.74) is 7.28. The molecule has 3 heterocycles. The first-order valence-corrected chi connectivity index (χ1v) is 8.31. The first kappa shape index (κ1) is 14.8. The van der Waals surface area contributed by atoms with E-state index in [1.54, 1.807) is 0 Å². The lowest BCUT2D eigenvalue weighted by Gasteiger charge is -2.47. The quantitative estimate of drug-likeness (QED) is 0.676. The number of aliphatic hydroxyl groups excluding tert-OH is 1. The Bertz CT molecular complexity index is 636. The van der Waals surface area contributed by atoms with E-state index in [-0.39, 0.29) is 17.9 Å². The molecule has 124 valence electrons. The largest absolute Gasteiger partial charge is 0.395 e. The number of hydrogen-bond acceptors (Lipinski definition) is 6. The molecule has 7 nitrogen and oxygen atoms in total. The number of rotatable bonds is 2. The minimum Gasteiger partial charge on any atom is -0.395 e. The van der Waals surface area contributed by atoms with Crippen molar-refractivity contribution in [2.75, 3.05) is 38.5 Å². The van der Waals surface area contributed by atoms with Gasteiger partial charge in [-0.05, 0) is 31.2 Å². The Hall–Kier alpha value is -1.73. The van der Waals surface area contributed by atoms with Gasteiger partial charge in [0.15, 0.2) is 0 Å². The second-order valence-corrected chi connectivity index (χ2v) is 7.25. The molecular formula is C16H23N5O2. The highest BCUT2D eigenvalue weighted by Gasteiger charge is 2.50. The van der Waals surface area contributed by atoms with Crippen molar-refractivity contribution in [2.45, 2.75) is 31.1 Å². The predicted octanol–water partition coefficient (Wildman–Crippen LogP) is -0.553. The molecular weight excluding hydrogens is 294 g/mol. The smallest absolute Gasteiger partial charge is 0.233 e. The molecule has 1 spiro atoms. The first-order chi connectivity index (χ1) is 11.1. The van der Waals surface area contributed by atoms with Gasteiger partial charge in [-0.25, -0.2) is 9.97 Å². The van der Waals surface area contributed by atoms with Gasteiger partial charge >= 0.3 is 0 Å². The molecule has 4 rings (SSSR count). The van der Waals surface area contributed by atoms with Gasteiger partial charge in [0.25, 0.3) is 0 Å². The van der Waals surface area contributed by atoms with Crippen LogP contribution in [0.5, 0.6) is 0 Å². The molecule has 2 saturated heterocycles. The number of likely N-dealkylation sites (tertiary alicyclic amines) is 1. The van der Waals surface area contributed by atoms with Crippen LogP contribution in [0, 0.1) is 5.41 Å². The second-order valence-electron chi connectivity index (χ2n) is 7.25. The topological polar surface area (TPSA) is 104 Å². The van der Waals surface area contributed by atoms with Gasteiger partial charge in [0.1, 0.15) is 0 Å². The van der Waals surface area contributed by atoms with Gasteiger partial charge in [0.05, 0.1) is 17.7 Å². The Kier molecular flexibility index (Phi) is 3.32. The second kappa shape index (κ2) is 5.14. The van der Waals surface area contributed by atoms with E-state index in [1.807, 2.05) is 11.1 Å². The van der Waals surface area contributed by atoms with Gasteiger partial charge in [0.2, 0.25) is 11.9 Å². The molecule has 0 saturated carbocycles. The number of carbonyl (C=O) groups excluding carboxylic acids is 1. The van der Waals surface area contributed by atoms with E-state index in [0.29, 0.717) is 25.6 Å². The molecule has 4 N–H and O–H groups in total. The number of aryl methyl sites for hydroxylation is 1. The van der Waals surface area contributed by atoms with Crippen molar-refractivity contribution < 1.29 is 9.90 Å². The Morgan fingerprint density at radius 3 is 2.96 bits per heavy atom. The third-order valence-electron chi connectivity index (χ3n) is 5.81. The number of anilines is 1. The van der Waals surface area contributed by atoms with Crippen LogP contribution >= 0.6 is 0 Å². The summed E-state index contributed by atoms with van der Waals surface area (Å²) in [7, 11) is 0. The highest BCUT2D eigenvalue weighted by atomic mass is 16.3. The Balaban J connectivity index is 1.61. The third-order valence-corrected chi connectivity index (χ3v) is 5.81. The lowest BCUT2D eigenvalue weighted by molar-refractivity contribution is -0.150. The summed E-state index contributed by atoms with van der Waals surface area (Å²) >= 11 is 0. The molecule has 3 aliphatic rings. The molecule has 0 bridgehead atoms. The van der Waals surface area contributed by atoms with Crippen molar-refractivity contribution in [3.63, 3.8) is 0 Å². The van der Waals surface area contributed by atoms with Crippen molar-refractivity contribution in [1.82, 2.24) is 20.2 Å². The molecule has 1 aliphatic carbocycles. The minimum absolute atomic E-state index is 0.0771. The molecule has 0 aromatic carbocycles. The van der Waals surface area contributed by atoms with Crippen LogP contribution in [-0.2, 0) is 16.6 Å². The van der Waals surface area contributed by atoms with Crippen molar-refractivity contribution in [2.24, 2.45) is 5.41 Å². The highest BCUT2D eigenvalue weighted by molar-refractivity contribution is 5.84. The van der Waals surface area contributed by atoms with Gasteiger partial charge < -0.3 is 21.1 Å². The minimum atomic E-state index is -0.620. The summed E-state index contributed by atoms with van der Waals surface area (Å²) < 4.78 is 0. The van der Waals surface area contributed by atoms with Gasteiger partial charge in [-0.2, -0.15) is 0 Å². The normalized spacial score (nSPS) is 28.5. The van der Waals surface area contributed by atoms with E-state index < -0.39 is 5.41 Å². The van der Waals surface area contributed by atoms with E-state index in [1.165, 1.54) is 0 Å². The van der Waals surface area contributed by atoms with Crippen molar-refractivity contribution in [1.29, 1.82) is 0 Å². The highest BCUT2D eigenvalue weighted by Crippen LogP contribution is 2.44. The van der Waals surface area contributed by atoms with E-state index >= 15 is 0 Å². The average Bonchev–Trinajstić information content (AvgIpc) is 2.85. The van der Waals surface area contributed by atoms with Crippen LogP contribution in [0.1, 0.15) is 30.5 Å². The molecule has 2 fully saturated rings.